The first-order chi connectivity index (χ1) is 12.1. The Morgan fingerprint density at radius 3 is 2.76 bits per heavy atom. The third-order valence-corrected chi connectivity index (χ3v) is 3.64. The fraction of sp³-hybridized carbons (Fsp3) is 0.158. The zero-order valence-corrected chi connectivity index (χ0v) is 15.4. The van der Waals surface area contributed by atoms with E-state index in [1.807, 2.05) is 36.4 Å². The van der Waals surface area contributed by atoms with Gasteiger partial charge in [-0.25, -0.2) is 5.43 Å². The Morgan fingerprint density at radius 2 is 2.04 bits per heavy atom. The molecule has 1 amide bonds. The molecule has 0 aliphatic rings. The molecular weight excluding hydrogens is 384 g/mol. The summed E-state index contributed by atoms with van der Waals surface area (Å²) < 4.78 is 12.0. The van der Waals surface area contributed by atoms with E-state index in [1.165, 1.54) is 0 Å². The Labute approximate surface area is 155 Å². The number of nitrogens with zero attached hydrogens (tertiary/aromatic N) is 1. The third kappa shape index (κ3) is 6.43. The van der Waals surface area contributed by atoms with E-state index in [2.05, 4.69) is 33.0 Å². The van der Waals surface area contributed by atoms with Crippen LogP contribution in [0.25, 0.3) is 0 Å². The van der Waals surface area contributed by atoms with Gasteiger partial charge in [0.1, 0.15) is 18.1 Å². The molecule has 0 heterocycles. The second-order valence-corrected chi connectivity index (χ2v) is 6.04. The number of rotatable bonds is 8. The molecule has 0 saturated carbocycles. The van der Waals surface area contributed by atoms with Gasteiger partial charge in [-0.3, -0.25) is 4.79 Å². The third-order valence-electron chi connectivity index (χ3n) is 3.11. The van der Waals surface area contributed by atoms with Crippen LogP contribution >= 0.6 is 15.9 Å². The van der Waals surface area contributed by atoms with Crippen LogP contribution in [-0.4, -0.2) is 24.8 Å². The van der Waals surface area contributed by atoms with Crippen molar-refractivity contribution >= 4 is 28.1 Å². The average molecular weight is 403 g/mol. The van der Waals surface area contributed by atoms with Crippen molar-refractivity contribution in [2.75, 3.05) is 6.61 Å². The highest BCUT2D eigenvalue weighted by Gasteiger charge is 2.13. The number of carbonyl (C=O) groups is 1. The van der Waals surface area contributed by atoms with Gasteiger partial charge in [-0.05, 0) is 48.9 Å². The Hall–Kier alpha value is -2.60. The fourth-order valence-corrected chi connectivity index (χ4v) is 2.14. The minimum Gasteiger partial charge on any atom is -0.490 e. The van der Waals surface area contributed by atoms with E-state index >= 15 is 0 Å². The highest BCUT2D eigenvalue weighted by Crippen LogP contribution is 2.17. The molecule has 2 aromatic carbocycles. The van der Waals surface area contributed by atoms with Gasteiger partial charge in [-0.2, -0.15) is 5.10 Å². The summed E-state index contributed by atoms with van der Waals surface area (Å²) in [5.41, 5.74) is 3.27. The molecule has 0 radical (unpaired) electrons. The van der Waals surface area contributed by atoms with Crippen LogP contribution in [0, 0.1) is 0 Å². The number of ether oxygens (including phenoxy) is 2. The van der Waals surface area contributed by atoms with E-state index in [9.17, 15) is 4.79 Å². The van der Waals surface area contributed by atoms with Crippen molar-refractivity contribution in [3.05, 3.63) is 71.2 Å². The van der Waals surface area contributed by atoms with Crippen molar-refractivity contribution in [1.82, 2.24) is 5.43 Å². The minimum atomic E-state index is -0.666. The number of amides is 1. The van der Waals surface area contributed by atoms with Crippen LogP contribution in [0.15, 0.2) is 70.8 Å². The molecule has 0 aromatic heterocycles. The van der Waals surface area contributed by atoms with Crippen molar-refractivity contribution in [1.29, 1.82) is 0 Å². The molecule has 0 spiro atoms. The van der Waals surface area contributed by atoms with Crippen molar-refractivity contribution in [2.24, 2.45) is 5.10 Å². The molecule has 1 atom stereocenters. The number of carbonyl (C=O) groups excluding carboxylic acids is 1. The topological polar surface area (TPSA) is 59.9 Å². The first kappa shape index (κ1) is 18.7. The first-order valence-electron chi connectivity index (χ1n) is 7.67. The zero-order valence-electron chi connectivity index (χ0n) is 13.8. The maximum atomic E-state index is 12.0. The fourth-order valence-electron chi connectivity index (χ4n) is 1.87. The minimum absolute atomic E-state index is 0.335. The molecule has 0 bridgehead atoms. The predicted octanol–water partition coefficient (Wildman–Crippen LogP) is 3.93. The lowest BCUT2D eigenvalue weighted by Crippen LogP contribution is -2.33. The van der Waals surface area contributed by atoms with E-state index < -0.39 is 6.10 Å². The molecule has 0 fully saturated rings. The summed E-state index contributed by atoms with van der Waals surface area (Å²) in [5, 5.41) is 3.95. The van der Waals surface area contributed by atoms with E-state index in [0.717, 1.165) is 10.0 Å². The lowest BCUT2D eigenvalue weighted by Gasteiger charge is -2.12. The normalized spacial score (nSPS) is 11.8. The molecule has 130 valence electrons. The number of hydrogen-bond donors (Lipinski definition) is 1. The number of nitrogens with one attached hydrogen (secondary N) is 1. The lowest BCUT2D eigenvalue weighted by atomic mass is 10.2. The summed E-state index contributed by atoms with van der Waals surface area (Å²) in [5.74, 6) is 0.988. The van der Waals surface area contributed by atoms with Gasteiger partial charge < -0.3 is 9.47 Å². The van der Waals surface area contributed by atoms with Crippen LogP contribution in [0.3, 0.4) is 0 Å². The Kier molecular flexibility index (Phi) is 7.22. The second kappa shape index (κ2) is 9.64. The Balaban J connectivity index is 1.86. The number of benzene rings is 2. The van der Waals surface area contributed by atoms with Crippen molar-refractivity contribution in [2.45, 2.75) is 13.0 Å². The lowest BCUT2D eigenvalue weighted by molar-refractivity contribution is -0.127. The van der Waals surface area contributed by atoms with Crippen LogP contribution in [0.4, 0.5) is 0 Å². The molecule has 25 heavy (non-hydrogen) atoms. The molecule has 1 unspecified atom stereocenters. The van der Waals surface area contributed by atoms with Crippen LogP contribution in [-0.2, 0) is 4.79 Å². The number of hydrogen-bond acceptors (Lipinski definition) is 4. The van der Waals surface area contributed by atoms with Crippen molar-refractivity contribution < 1.29 is 14.3 Å². The zero-order chi connectivity index (χ0) is 18.1. The molecule has 6 heteroatoms. The summed E-state index contributed by atoms with van der Waals surface area (Å²) in [6.45, 7) is 5.70. The van der Waals surface area contributed by atoms with Gasteiger partial charge in [0.05, 0.1) is 6.21 Å². The van der Waals surface area contributed by atoms with Crippen LogP contribution in [0.2, 0.25) is 0 Å². The number of hydrazone groups is 1. The second-order valence-electron chi connectivity index (χ2n) is 5.12. The summed E-state index contributed by atoms with van der Waals surface area (Å²) in [6.07, 6.45) is 2.55. The number of halogens is 1. The monoisotopic (exact) mass is 402 g/mol. The smallest absolute Gasteiger partial charge is 0.280 e. The molecule has 2 rings (SSSR count). The van der Waals surface area contributed by atoms with Gasteiger partial charge in [0, 0.05) is 4.47 Å². The molecule has 0 aliphatic carbocycles. The standard InChI is InChI=1S/C19H19BrN2O3/c1-3-11-24-18-6-4-5-15(12-18)13-21-22-19(23)14(2)25-17-9-7-16(20)8-10-17/h3-10,12-14H,1,11H2,2H3,(H,22,23). The predicted molar refractivity (Wildman–Crippen MR) is 102 cm³/mol. The van der Waals surface area contributed by atoms with Gasteiger partial charge in [0.15, 0.2) is 6.10 Å². The quantitative estimate of drug-likeness (QED) is 0.413. The maximum Gasteiger partial charge on any atom is 0.280 e. The molecule has 2 aromatic rings. The van der Waals surface area contributed by atoms with Gasteiger partial charge in [-0.15, -0.1) is 0 Å². The Morgan fingerprint density at radius 1 is 1.28 bits per heavy atom. The van der Waals surface area contributed by atoms with E-state index in [4.69, 9.17) is 9.47 Å². The van der Waals surface area contributed by atoms with E-state index in [1.54, 1.807) is 31.3 Å². The average Bonchev–Trinajstić information content (AvgIpc) is 2.62. The van der Waals surface area contributed by atoms with Crippen LogP contribution < -0.4 is 14.9 Å². The first-order valence-corrected chi connectivity index (χ1v) is 8.46. The van der Waals surface area contributed by atoms with E-state index in [0.29, 0.717) is 18.1 Å². The molecule has 1 N–H and O–H groups in total. The van der Waals surface area contributed by atoms with E-state index in [-0.39, 0.29) is 5.91 Å². The van der Waals surface area contributed by atoms with Crippen LogP contribution in [0.1, 0.15) is 12.5 Å². The molecule has 5 nitrogen and oxygen atoms in total. The molecular formula is C19H19BrN2O3. The summed E-state index contributed by atoms with van der Waals surface area (Å²) >= 11 is 3.35. The van der Waals surface area contributed by atoms with Gasteiger partial charge in [0.25, 0.3) is 5.91 Å². The van der Waals surface area contributed by atoms with Crippen LogP contribution in [0.5, 0.6) is 11.5 Å². The molecule has 0 saturated heterocycles. The maximum absolute atomic E-state index is 12.0. The van der Waals surface area contributed by atoms with Crippen molar-refractivity contribution in [3.63, 3.8) is 0 Å². The van der Waals surface area contributed by atoms with Gasteiger partial charge in [-0.1, -0.05) is 40.7 Å². The summed E-state index contributed by atoms with van der Waals surface area (Å²) in [7, 11) is 0. The summed E-state index contributed by atoms with van der Waals surface area (Å²) in [6, 6.07) is 14.6. The molecule has 0 aliphatic heterocycles. The highest BCUT2D eigenvalue weighted by molar-refractivity contribution is 9.10. The summed E-state index contributed by atoms with van der Waals surface area (Å²) in [4.78, 5) is 12.0. The largest absolute Gasteiger partial charge is 0.490 e. The Bertz CT molecular complexity index is 745. The van der Waals surface area contributed by atoms with Crippen molar-refractivity contribution in [3.8, 4) is 11.5 Å². The van der Waals surface area contributed by atoms with Gasteiger partial charge >= 0.3 is 0 Å². The SMILES string of the molecule is C=CCOc1cccc(C=NNC(=O)C(C)Oc2ccc(Br)cc2)c1. The van der Waals surface area contributed by atoms with Gasteiger partial charge in [0.2, 0.25) is 0 Å². The highest BCUT2D eigenvalue weighted by atomic mass is 79.9.